The van der Waals surface area contributed by atoms with Gasteiger partial charge in [-0.15, -0.1) is 0 Å². The summed E-state index contributed by atoms with van der Waals surface area (Å²) >= 11 is 0. The molecule has 2 aliphatic rings. The first-order chi connectivity index (χ1) is 11.6. The van der Waals surface area contributed by atoms with E-state index in [1.165, 1.54) is 0 Å². The van der Waals surface area contributed by atoms with Gasteiger partial charge in [0.15, 0.2) is 0 Å². The molecular weight excluding hydrogens is 306 g/mol. The monoisotopic (exact) mass is 325 g/mol. The van der Waals surface area contributed by atoms with E-state index in [1.54, 1.807) is 35.5 Å². The Labute approximate surface area is 139 Å². The van der Waals surface area contributed by atoms with Crippen molar-refractivity contribution >= 4 is 5.91 Å². The maximum absolute atomic E-state index is 12.2. The topological polar surface area (TPSA) is 64.4 Å². The van der Waals surface area contributed by atoms with Crippen LogP contribution in [0.25, 0.3) is 0 Å². The number of aromatic nitrogens is 2. The second-order valence-corrected chi connectivity index (χ2v) is 6.46. The van der Waals surface area contributed by atoms with Crippen LogP contribution in [0, 0.1) is 6.92 Å². The molecule has 2 aromatic rings. The minimum Gasteiger partial charge on any atom is -0.486 e. The summed E-state index contributed by atoms with van der Waals surface area (Å²) in [6, 6.07) is 7.33. The van der Waals surface area contributed by atoms with Gasteiger partial charge in [0, 0.05) is 30.2 Å². The van der Waals surface area contributed by atoms with Crippen molar-refractivity contribution < 1.29 is 9.53 Å². The lowest BCUT2D eigenvalue weighted by Crippen LogP contribution is -2.56. The van der Waals surface area contributed by atoms with Crippen molar-refractivity contribution in [2.24, 2.45) is 0 Å². The highest BCUT2D eigenvalue weighted by Gasteiger charge is 2.33. The fourth-order valence-corrected chi connectivity index (χ4v) is 3.09. The van der Waals surface area contributed by atoms with Crippen LogP contribution in [0.1, 0.15) is 34.9 Å². The summed E-state index contributed by atoms with van der Waals surface area (Å²) in [5, 5.41) is 0. The van der Waals surface area contributed by atoms with Gasteiger partial charge in [0.25, 0.3) is 11.5 Å². The fourth-order valence-electron chi connectivity index (χ4n) is 3.09. The number of rotatable bonds is 4. The van der Waals surface area contributed by atoms with Crippen LogP contribution in [0.4, 0.5) is 0 Å². The summed E-state index contributed by atoms with van der Waals surface area (Å²) in [4.78, 5) is 30.1. The van der Waals surface area contributed by atoms with Crippen LogP contribution in [0.3, 0.4) is 0 Å². The molecule has 1 aliphatic heterocycles. The van der Waals surface area contributed by atoms with Crippen molar-refractivity contribution in [3.63, 3.8) is 0 Å². The van der Waals surface area contributed by atoms with E-state index in [4.69, 9.17) is 4.74 Å². The first kappa shape index (κ1) is 14.9. The summed E-state index contributed by atoms with van der Waals surface area (Å²) in [5.74, 6) is 0.552. The van der Waals surface area contributed by atoms with E-state index < -0.39 is 0 Å². The number of hydrogen-bond donors (Lipinski definition) is 0. The molecule has 24 heavy (non-hydrogen) atoms. The molecule has 6 heteroatoms. The number of likely N-dealkylation sites (tertiary alicyclic amines) is 1. The first-order valence-corrected chi connectivity index (χ1v) is 8.21. The Morgan fingerprint density at radius 2 is 2.08 bits per heavy atom. The van der Waals surface area contributed by atoms with Crippen LogP contribution < -0.4 is 10.3 Å². The third-order valence-corrected chi connectivity index (χ3v) is 4.49. The van der Waals surface area contributed by atoms with Gasteiger partial charge in [-0.05, 0) is 38.0 Å². The Kier molecular flexibility index (Phi) is 3.59. The summed E-state index contributed by atoms with van der Waals surface area (Å²) in [6.07, 6.45) is 5.30. The Morgan fingerprint density at radius 3 is 2.71 bits per heavy atom. The van der Waals surface area contributed by atoms with Gasteiger partial charge in [-0.3, -0.25) is 14.6 Å². The summed E-state index contributed by atoms with van der Waals surface area (Å²) < 4.78 is 7.70. The van der Waals surface area contributed by atoms with Crippen LogP contribution >= 0.6 is 0 Å². The third-order valence-electron chi connectivity index (χ3n) is 4.49. The standard InChI is InChI=1S/C18H19N3O3/c1-12-7-15(8-17(22)21(12)14-4-5-14)24-16-10-20(11-16)18(23)13-3-2-6-19-9-13/h2-3,6-9,14,16H,4-5,10-11H2,1H3. The number of amides is 1. The third kappa shape index (κ3) is 2.79. The zero-order valence-corrected chi connectivity index (χ0v) is 13.5. The fraction of sp³-hybridized carbons (Fsp3) is 0.389. The molecule has 0 atom stereocenters. The zero-order chi connectivity index (χ0) is 16.7. The van der Waals surface area contributed by atoms with Crippen LogP contribution in [0.2, 0.25) is 0 Å². The second kappa shape index (κ2) is 5.78. The highest BCUT2D eigenvalue weighted by Crippen LogP contribution is 2.35. The van der Waals surface area contributed by atoms with E-state index in [0.717, 1.165) is 18.5 Å². The number of hydrogen-bond acceptors (Lipinski definition) is 4. The number of carbonyl (C=O) groups is 1. The van der Waals surface area contributed by atoms with Gasteiger partial charge in [0.2, 0.25) is 0 Å². The summed E-state index contributed by atoms with van der Waals surface area (Å²) in [5.41, 5.74) is 1.51. The van der Waals surface area contributed by atoms with Gasteiger partial charge < -0.3 is 14.2 Å². The molecule has 0 bridgehead atoms. The molecule has 0 radical (unpaired) electrons. The Bertz CT molecular complexity index is 821. The van der Waals surface area contributed by atoms with Crippen molar-refractivity contribution in [3.8, 4) is 5.75 Å². The lowest BCUT2D eigenvalue weighted by atomic mass is 10.1. The lowest BCUT2D eigenvalue weighted by Gasteiger charge is -2.39. The number of pyridine rings is 2. The highest BCUT2D eigenvalue weighted by molar-refractivity contribution is 5.94. The van der Waals surface area contributed by atoms with Gasteiger partial charge in [-0.1, -0.05) is 0 Å². The molecule has 4 rings (SSSR count). The number of carbonyl (C=O) groups excluding carboxylic acids is 1. The molecule has 2 fully saturated rings. The van der Waals surface area contributed by atoms with Crippen molar-refractivity contribution in [1.82, 2.24) is 14.5 Å². The van der Waals surface area contributed by atoms with Crippen LogP contribution in [0.15, 0.2) is 41.5 Å². The second-order valence-electron chi connectivity index (χ2n) is 6.46. The van der Waals surface area contributed by atoms with E-state index in [1.807, 2.05) is 17.6 Å². The average Bonchev–Trinajstić information content (AvgIpc) is 3.35. The van der Waals surface area contributed by atoms with Crippen molar-refractivity contribution in [3.05, 3.63) is 58.3 Å². The molecule has 3 heterocycles. The summed E-state index contributed by atoms with van der Waals surface area (Å²) in [6.45, 7) is 2.99. The normalized spacial score (nSPS) is 17.5. The molecule has 0 N–H and O–H groups in total. The molecule has 1 amide bonds. The van der Waals surface area contributed by atoms with Crippen LogP contribution in [-0.2, 0) is 0 Å². The Morgan fingerprint density at radius 1 is 1.29 bits per heavy atom. The van der Waals surface area contributed by atoms with Gasteiger partial charge >= 0.3 is 0 Å². The number of aryl methyl sites for hydroxylation is 1. The SMILES string of the molecule is Cc1cc(OC2CN(C(=O)c3cccnc3)C2)cc(=O)n1C1CC1. The molecule has 1 saturated carbocycles. The molecule has 1 aliphatic carbocycles. The molecule has 124 valence electrons. The van der Waals surface area contributed by atoms with E-state index in [2.05, 4.69) is 4.98 Å². The van der Waals surface area contributed by atoms with Crippen molar-refractivity contribution in [2.45, 2.75) is 31.9 Å². The number of nitrogens with zero attached hydrogens (tertiary/aromatic N) is 3. The lowest BCUT2D eigenvalue weighted by molar-refractivity contribution is 0.0176. The smallest absolute Gasteiger partial charge is 0.255 e. The maximum Gasteiger partial charge on any atom is 0.255 e. The van der Waals surface area contributed by atoms with Gasteiger partial charge in [0.05, 0.1) is 18.7 Å². The first-order valence-electron chi connectivity index (χ1n) is 8.21. The van der Waals surface area contributed by atoms with E-state index in [0.29, 0.717) is 30.4 Å². The van der Waals surface area contributed by atoms with E-state index in [-0.39, 0.29) is 17.6 Å². The Hall–Kier alpha value is -2.63. The van der Waals surface area contributed by atoms with Crippen LogP contribution in [0.5, 0.6) is 5.75 Å². The minimum absolute atomic E-state index is 0.00452. The summed E-state index contributed by atoms with van der Waals surface area (Å²) in [7, 11) is 0. The van der Waals surface area contributed by atoms with Crippen LogP contribution in [-0.4, -0.2) is 39.6 Å². The quantitative estimate of drug-likeness (QED) is 0.860. The number of ether oxygens (including phenoxy) is 1. The molecule has 6 nitrogen and oxygen atoms in total. The Balaban J connectivity index is 1.38. The van der Waals surface area contributed by atoms with Gasteiger partial charge in [-0.25, -0.2) is 0 Å². The van der Waals surface area contributed by atoms with Crippen molar-refractivity contribution in [2.75, 3.05) is 13.1 Å². The van der Waals surface area contributed by atoms with E-state index in [9.17, 15) is 9.59 Å². The molecule has 1 saturated heterocycles. The molecular formula is C18H19N3O3. The van der Waals surface area contributed by atoms with Gasteiger partial charge in [-0.2, -0.15) is 0 Å². The molecule has 0 spiro atoms. The highest BCUT2D eigenvalue weighted by atomic mass is 16.5. The minimum atomic E-state index is -0.0683. The molecule has 0 aromatic carbocycles. The molecule has 2 aromatic heterocycles. The maximum atomic E-state index is 12.2. The molecule has 0 unspecified atom stereocenters. The van der Waals surface area contributed by atoms with Gasteiger partial charge in [0.1, 0.15) is 11.9 Å². The largest absolute Gasteiger partial charge is 0.486 e. The zero-order valence-electron chi connectivity index (χ0n) is 13.5. The van der Waals surface area contributed by atoms with E-state index >= 15 is 0 Å². The predicted octanol–water partition coefficient (Wildman–Crippen LogP) is 1.79. The predicted molar refractivity (Wildman–Crippen MR) is 88.3 cm³/mol. The van der Waals surface area contributed by atoms with Crippen molar-refractivity contribution in [1.29, 1.82) is 0 Å². The average molecular weight is 325 g/mol.